The fraction of sp³-hybridized carbons (Fsp3) is 0.113. The topological polar surface area (TPSA) is 46.0 Å². The summed E-state index contributed by atoms with van der Waals surface area (Å²) in [4.78, 5) is 9.22. The maximum atomic E-state index is 9.17. The smallest absolute Gasteiger partial charge is 0.457 e. The molecule has 0 unspecified atom stereocenters. The van der Waals surface area contributed by atoms with Gasteiger partial charge in [0.05, 0.1) is 45.4 Å². The summed E-state index contributed by atoms with van der Waals surface area (Å²) in [5, 5.41) is 1.97. The van der Waals surface area contributed by atoms with Crippen molar-refractivity contribution in [2.24, 2.45) is 0 Å². The summed E-state index contributed by atoms with van der Waals surface area (Å²) in [6.45, 7) is 0.441. The summed E-state index contributed by atoms with van der Waals surface area (Å²) in [6.07, 6.45) is 5.38. The number of ether oxygens (including phenoxy) is 1. The van der Waals surface area contributed by atoms with E-state index in [2.05, 4.69) is 42.4 Å². The third-order valence-corrected chi connectivity index (χ3v) is 10.3. The second kappa shape index (κ2) is 14.2. The van der Waals surface area contributed by atoms with Crippen molar-refractivity contribution in [1.29, 1.82) is 0 Å². The molecule has 6 aromatic carbocycles. The zero-order valence-electron chi connectivity index (χ0n) is 46.2. The Morgan fingerprint density at radius 2 is 1.31 bits per heavy atom. The highest BCUT2D eigenvalue weighted by Crippen LogP contribution is 2.45. The molecular weight excluding hydrogens is 723 g/mol. The van der Waals surface area contributed by atoms with Gasteiger partial charge >= 0.3 is 6.01 Å². The van der Waals surface area contributed by atoms with Crippen LogP contribution in [-0.2, 0) is 5.41 Å². The summed E-state index contributed by atoms with van der Waals surface area (Å²) in [7, 11) is 0. The van der Waals surface area contributed by atoms with Gasteiger partial charge in [-0.3, -0.25) is 9.55 Å². The Morgan fingerprint density at radius 1 is 0.644 bits per heavy atom. The maximum absolute atomic E-state index is 9.17. The van der Waals surface area contributed by atoms with Gasteiger partial charge in [0.25, 0.3) is 11.4 Å². The van der Waals surface area contributed by atoms with E-state index >= 15 is 0 Å². The second-order valence-electron chi connectivity index (χ2n) is 15.1. The maximum Gasteiger partial charge on any atom is 0.503 e. The molecule has 0 fully saturated rings. The summed E-state index contributed by atoms with van der Waals surface area (Å²) in [5.41, 5.74) is 2.10. The predicted octanol–water partition coefficient (Wildman–Crippen LogP) is 13.5. The van der Waals surface area contributed by atoms with Crippen LogP contribution in [0.25, 0.3) is 49.9 Å². The Hall–Kier alpha value is -7.40. The molecule has 6 nitrogen and oxygen atoms in total. The molecule has 3 aromatic heterocycles. The monoisotopic (exact) mass is 779 g/mol. The Morgan fingerprint density at radius 3 is 2.00 bits per heavy atom. The molecule has 0 aliphatic carbocycles. The highest BCUT2D eigenvalue weighted by molar-refractivity contribution is 6.09. The van der Waals surface area contributed by atoms with Gasteiger partial charge in [0.2, 0.25) is 11.4 Å². The van der Waals surface area contributed by atoms with Crippen LogP contribution in [0.5, 0.6) is 11.5 Å². The molecule has 0 spiro atoms. The normalized spacial score (nSPS) is 16.3. The van der Waals surface area contributed by atoms with Gasteiger partial charge in [0.15, 0.2) is 0 Å². The van der Waals surface area contributed by atoms with Crippen LogP contribution < -0.4 is 13.9 Å². The van der Waals surface area contributed by atoms with Crippen molar-refractivity contribution in [2.45, 2.75) is 39.9 Å². The molecule has 0 bridgehead atoms. The van der Waals surface area contributed by atoms with Gasteiger partial charge < -0.3 is 4.74 Å². The van der Waals surface area contributed by atoms with E-state index in [1.165, 1.54) is 22.8 Å². The van der Waals surface area contributed by atoms with E-state index in [1.54, 1.807) is 53.4 Å². The average Bonchev–Trinajstić information content (AvgIpc) is 3.88. The van der Waals surface area contributed by atoms with E-state index in [9.17, 15) is 0 Å². The SMILES string of the molecule is [2H]c1c([2H])c(C([2H])([2H])[2H])c([2H])c([2H])c1-c1cccc(-c2c([2H])c([2H])c(C([2H])([2H])[2H])c([2H])c2[2H])c1[N+]1=C=[N+](c2cccc(Oc3ccc4c5ccncc5n(-c5cc(C(C)(C)C)ccn5)c4c3)c2)c2ccccc21. The number of aromatic nitrogens is 3. The number of rotatable bonds is 7. The molecule has 0 radical (unpaired) electrons. The molecule has 10 rings (SSSR count). The van der Waals surface area contributed by atoms with Crippen LogP contribution in [0.3, 0.4) is 0 Å². The number of para-hydroxylation sites is 3. The quantitative estimate of drug-likeness (QED) is 0.151. The van der Waals surface area contributed by atoms with Crippen LogP contribution in [0, 0.1) is 13.7 Å². The molecule has 284 valence electrons. The summed E-state index contributed by atoms with van der Waals surface area (Å²) in [5.74, 6) is 1.70. The molecule has 59 heavy (non-hydrogen) atoms. The lowest BCUT2D eigenvalue weighted by molar-refractivity contribution is 0.483. The Bertz CT molecular complexity index is 3730. The minimum atomic E-state index is -3.00. The fourth-order valence-corrected chi connectivity index (χ4v) is 7.49. The van der Waals surface area contributed by atoms with Crippen LogP contribution >= 0.6 is 0 Å². The van der Waals surface area contributed by atoms with Crippen LogP contribution in [0.15, 0.2) is 170 Å². The van der Waals surface area contributed by atoms with Crippen LogP contribution in [-0.4, -0.2) is 20.5 Å². The van der Waals surface area contributed by atoms with Crippen LogP contribution in [0.4, 0.5) is 22.7 Å². The number of pyridine rings is 2. The molecule has 9 aromatic rings. The minimum absolute atomic E-state index is 0.00601. The highest BCUT2D eigenvalue weighted by Gasteiger charge is 2.39. The molecule has 1 aliphatic heterocycles. The van der Waals surface area contributed by atoms with Gasteiger partial charge in [-0.1, -0.05) is 105 Å². The summed E-state index contributed by atoms with van der Waals surface area (Å²) < 4.78 is 132. The number of hydrogen-bond acceptors (Lipinski definition) is 3. The Balaban J connectivity index is 1.18. The van der Waals surface area contributed by atoms with E-state index in [1.807, 2.05) is 48.7 Å². The third kappa shape index (κ3) is 6.50. The van der Waals surface area contributed by atoms with Gasteiger partial charge in [0.1, 0.15) is 17.3 Å². The molecule has 4 heterocycles. The average molecular weight is 780 g/mol. The van der Waals surface area contributed by atoms with Gasteiger partial charge in [-0.2, -0.15) is 0 Å². The predicted molar refractivity (Wildman–Crippen MR) is 243 cm³/mol. The van der Waals surface area contributed by atoms with Crippen molar-refractivity contribution in [1.82, 2.24) is 23.7 Å². The second-order valence-corrected chi connectivity index (χ2v) is 15.1. The lowest BCUT2D eigenvalue weighted by atomic mass is 9.88. The van der Waals surface area contributed by atoms with E-state index in [4.69, 9.17) is 28.9 Å². The number of benzene rings is 6. The largest absolute Gasteiger partial charge is 0.503 e. The standard InChI is InChI=1S/C53H43N5O/c1-35-16-20-37(21-17-35)43-12-9-13-44(38-22-18-36(2)19-23-38)52(43)57-34-56(47-14-6-7-15-48(47)57)40-10-8-11-41(31-40)59-42-24-25-45-46-27-28-54-33-50(46)58(49(45)32-42)51-30-39(26-29-55-51)53(3,4)5/h6-33H,1-5H3/q+2/i1D3,2D3,16D,17D,18D,19D,20D,21D,22D,23D. The molecule has 0 atom stereocenters. The zero-order valence-corrected chi connectivity index (χ0v) is 32.2. The molecule has 0 amide bonds. The zero-order chi connectivity index (χ0) is 52.2. The lowest BCUT2D eigenvalue weighted by Crippen LogP contribution is -2.12. The summed E-state index contributed by atoms with van der Waals surface area (Å²) >= 11 is 0. The third-order valence-electron chi connectivity index (χ3n) is 10.3. The Kier molecular flexibility index (Phi) is 5.72. The van der Waals surface area contributed by atoms with E-state index < -0.39 is 73.2 Å². The Labute approximate surface area is 364 Å². The molecule has 1 aliphatic rings. The van der Waals surface area contributed by atoms with Crippen molar-refractivity contribution < 1.29 is 23.9 Å². The van der Waals surface area contributed by atoms with Crippen molar-refractivity contribution in [3.8, 4) is 39.6 Å². The van der Waals surface area contributed by atoms with E-state index in [0.717, 1.165) is 33.2 Å². The van der Waals surface area contributed by atoms with Crippen molar-refractivity contribution >= 4 is 50.6 Å². The van der Waals surface area contributed by atoms with Crippen molar-refractivity contribution in [3.63, 3.8) is 0 Å². The van der Waals surface area contributed by atoms with E-state index in [-0.39, 0.29) is 33.4 Å². The molecule has 0 saturated heterocycles. The van der Waals surface area contributed by atoms with Gasteiger partial charge in [-0.25, -0.2) is 4.98 Å². The lowest BCUT2D eigenvalue weighted by Gasteiger charge is -2.20. The number of fused-ring (bicyclic) bond motifs is 4. The van der Waals surface area contributed by atoms with Gasteiger partial charge in [-0.15, -0.1) is 0 Å². The molecular formula is C53H43N5O+2. The highest BCUT2D eigenvalue weighted by atomic mass is 16.5. The summed E-state index contributed by atoms with van der Waals surface area (Å²) in [6, 6.07) is 28.1. The molecule has 0 saturated carbocycles. The number of hydrogen-bond donors (Lipinski definition) is 0. The first-order valence-electron chi connectivity index (χ1n) is 25.9. The van der Waals surface area contributed by atoms with Gasteiger partial charge in [-0.05, 0) is 93.5 Å². The van der Waals surface area contributed by atoms with Crippen molar-refractivity contribution in [3.05, 3.63) is 187 Å². The number of nitrogens with zero attached hydrogens (tertiary/aromatic N) is 5. The first-order valence-corrected chi connectivity index (χ1v) is 18.9. The van der Waals surface area contributed by atoms with Crippen LogP contribution in [0.2, 0.25) is 0 Å². The molecule has 0 N–H and O–H groups in total. The fourth-order valence-electron chi connectivity index (χ4n) is 7.49. The minimum Gasteiger partial charge on any atom is -0.457 e. The van der Waals surface area contributed by atoms with Crippen molar-refractivity contribution in [2.75, 3.05) is 0 Å². The first kappa shape index (κ1) is 23.7. The molecule has 6 heteroatoms. The van der Waals surface area contributed by atoms with E-state index in [0.29, 0.717) is 28.6 Å². The first-order chi connectivity index (χ1) is 34.5. The van der Waals surface area contributed by atoms with Crippen LogP contribution in [0.1, 0.15) is 56.7 Å². The van der Waals surface area contributed by atoms with Gasteiger partial charge in [0, 0.05) is 55.7 Å².